The Morgan fingerprint density at radius 3 is 2.28 bits per heavy atom. The smallest absolute Gasteiger partial charge is 0.387 e. The molecule has 1 aromatic heterocycles. The lowest BCUT2D eigenvalue weighted by Crippen LogP contribution is -2.36. The summed E-state index contributed by atoms with van der Waals surface area (Å²) in [4.78, 5) is 53.8. The molecule has 2 heterocycles. The first kappa shape index (κ1) is 24.2. The van der Waals surface area contributed by atoms with Crippen molar-refractivity contribution in [1.29, 1.82) is 0 Å². The van der Waals surface area contributed by atoms with Crippen LogP contribution in [0.4, 0.5) is 5.95 Å². The van der Waals surface area contributed by atoms with Crippen LogP contribution in [0.5, 0.6) is 0 Å². The van der Waals surface area contributed by atoms with Crippen molar-refractivity contribution >= 4 is 29.4 Å². The quantitative estimate of drug-likeness (QED) is 0.183. The zero-order chi connectivity index (χ0) is 22.2. The summed E-state index contributed by atoms with van der Waals surface area (Å²) in [5.41, 5.74) is 4.22. The van der Waals surface area contributed by atoms with Crippen molar-refractivity contribution in [3.63, 3.8) is 0 Å². The van der Waals surface area contributed by atoms with Gasteiger partial charge in [0.05, 0.1) is 6.61 Å². The maximum atomic E-state index is 11.8. The highest BCUT2D eigenvalue weighted by atomic mass is 31.3. The predicted octanol–water partition coefficient (Wildman–Crippen LogP) is -2.82. The molecular weight excluding hydrogens is 469 g/mol. The molecule has 0 bridgehead atoms. The number of phosphoric acid groups is 3. The number of aromatic nitrogens is 3. The molecule has 1 fully saturated rings. The van der Waals surface area contributed by atoms with Crippen LogP contribution in [0.2, 0.25) is 0 Å². The van der Waals surface area contributed by atoms with Crippen LogP contribution < -0.4 is 11.4 Å². The highest BCUT2D eigenvalue weighted by Gasteiger charge is 2.46. The highest BCUT2D eigenvalue weighted by molar-refractivity contribution is 7.66. The van der Waals surface area contributed by atoms with Gasteiger partial charge in [0.2, 0.25) is 5.95 Å². The summed E-state index contributed by atoms with van der Waals surface area (Å²) in [5, 5.41) is 19.9. The van der Waals surface area contributed by atoms with E-state index in [9.17, 15) is 33.6 Å². The lowest BCUT2D eigenvalue weighted by Gasteiger charge is -2.19. The number of aliphatic hydroxyl groups is 2. The Hall–Kier alpha value is -1.10. The number of nitrogens with zero attached hydrogens (tertiary/aromatic N) is 3. The van der Waals surface area contributed by atoms with Crippen LogP contribution in [0.25, 0.3) is 0 Å². The summed E-state index contributed by atoms with van der Waals surface area (Å²) >= 11 is 0. The number of anilines is 1. The second-order valence-electron chi connectivity index (χ2n) is 5.34. The van der Waals surface area contributed by atoms with E-state index in [1.165, 1.54) is 0 Å². The van der Waals surface area contributed by atoms with E-state index in [1.54, 1.807) is 0 Å². The molecule has 2 unspecified atom stereocenters. The molecule has 8 N–H and O–H groups in total. The molecule has 18 nitrogen and oxygen atoms in total. The molecule has 1 saturated heterocycles. The average molecular weight is 484 g/mol. The number of hydrogen-bond donors (Lipinski definition) is 7. The molecule has 0 aliphatic carbocycles. The van der Waals surface area contributed by atoms with E-state index in [0.717, 1.165) is 6.33 Å². The largest absolute Gasteiger partial charge is 0.490 e. The number of aliphatic hydroxyl groups excluding tert-OH is 2. The number of nitrogen functional groups attached to an aromatic ring is 1. The maximum Gasteiger partial charge on any atom is 0.490 e. The monoisotopic (exact) mass is 484 g/mol. The summed E-state index contributed by atoms with van der Waals surface area (Å²) in [7, 11) is -16.8. The molecule has 0 spiro atoms. The van der Waals surface area contributed by atoms with Crippen LogP contribution in [0, 0.1) is 0 Å². The molecule has 0 aromatic carbocycles. The van der Waals surface area contributed by atoms with Crippen molar-refractivity contribution in [3.8, 4) is 0 Å². The minimum Gasteiger partial charge on any atom is -0.387 e. The van der Waals surface area contributed by atoms with Crippen molar-refractivity contribution in [2.45, 2.75) is 24.5 Å². The van der Waals surface area contributed by atoms with Gasteiger partial charge in [0, 0.05) is 0 Å². The van der Waals surface area contributed by atoms with Crippen LogP contribution in [-0.2, 0) is 31.6 Å². The van der Waals surface area contributed by atoms with E-state index < -0.39 is 60.3 Å². The van der Waals surface area contributed by atoms with Crippen LogP contribution in [0.3, 0.4) is 0 Å². The lowest BCUT2D eigenvalue weighted by molar-refractivity contribution is -0.0546. The number of phosphoric ester groups is 1. The Morgan fingerprint density at radius 1 is 1.10 bits per heavy atom. The third-order valence-corrected chi connectivity index (χ3v) is 6.98. The molecule has 6 atom stereocenters. The topological polar surface area (TPSA) is 283 Å². The minimum absolute atomic E-state index is 0.372. The van der Waals surface area contributed by atoms with Gasteiger partial charge >= 0.3 is 29.2 Å². The van der Waals surface area contributed by atoms with E-state index in [4.69, 9.17) is 25.2 Å². The zero-order valence-corrected chi connectivity index (χ0v) is 16.5. The number of rotatable bonds is 8. The number of nitrogens with two attached hydrogens (primary N) is 1. The fourth-order valence-electron chi connectivity index (χ4n) is 2.10. The summed E-state index contributed by atoms with van der Waals surface area (Å²) < 4.78 is 50.6. The first-order valence-electron chi connectivity index (χ1n) is 7.11. The summed E-state index contributed by atoms with van der Waals surface area (Å²) in [6, 6.07) is 0. The van der Waals surface area contributed by atoms with Crippen LogP contribution in [0.15, 0.2) is 11.1 Å². The van der Waals surface area contributed by atoms with Crippen molar-refractivity contribution < 1.29 is 61.4 Å². The van der Waals surface area contributed by atoms with Gasteiger partial charge in [0.25, 0.3) is 0 Å². The Bertz CT molecular complexity index is 947. The van der Waals surface area contributed by atoms with Crippen LogP contribution >= 0.6 is 23.5 Å². The third-order valence-electron chi connectivity index (χ3n) is 3.17. The lowest BCUT2D eigenvalue weighted by atomic mass is 10.1. The molecular formula is C8H15N4O14P3. The van der Waals surface area contributed by atoms with Crippen molar-refractivity contribution in [3.05, 3.63) is 16.8 Å². The molecule has 1 aliphatic rings. The Balaban J connectivity index is 2.05. The van der Waals surface area contributed by atoms with E-state index in [0.29, 0.717) is 4.57 Å². The summed E-state index contributed by atoms with van der Waals surface area (Å²) in [5.74, 6) is -0.372. The molecule has 166 valence electrons. The van der Waals surface area contributed by atoms with Crippen molar-refractivity contribution in [2.75, 3.05) is 12.3 Å². The van der Waals surface area contributed by atoms with Gasteiger partial charge < -0.3 is 40.3 Å². The van der Waals surface area contributed by atoms with Crippen LogP contribution in [-0.4, -0.2) is 69.2 Å². The minimum atomic E-state index is -5.72. The fraction of sp³-hybridized carbons (Fsp3) is 0.625. The van der Waals surface area contributed by atoms with Crippen molar-refractivity contribution in [2.24, 2.45) is 0 Å². The molecule has 1 aromatic rings. The van der Waals surface area contributed by atoms with Gasteiger partial charge in [-0.25, -0.2) is 23.5 Å². The Kier molecular flexibility index (Phi) is 7.14. The van der Waals surface area contributed by atoms with Gasteiger partial charge in [-0.15, -0.1) is 0 Å². The van der Waals surface area contributed by atoms with Gasteiger partial charge in [0.15, 0.2) is 6.23 Å². The predicted molar refractivity (Wildman–Crippen MR) is 86.4 cm³/mol. The summed E-state index contributed by atoms with van der Waals surface area (Å²) in [6.45, 7) is -1.04. The van der Waals surface area contributed by atoms with Gasteiger partial charge in [-0.3, -0.25) is 9.09 Å². The Morgan fingerprint density at radius 2 is 1.72 bits per heavy atom. The highest BCUT2D eigenvalue weighted by Crippen LogP contribution is 2.66. The van der Waals surface area contributed by atoms with Gasteiger partial charge in [-0.05, 0) is 0 Å². The standard InChI is InChI=1S/C8H15N4O14P3/c9-7-10-2-12(8(15)11-7)6-5(14)4(13)3(24-6)1-23-28(19,20)26-29(21,22)25-27(16,17)18/h2-6,13-14H,1H2,(H,19,20)(H,21,22)(H2,9,11,15)(H2,16,17,18)/t3-,4-,5-,6-/m1/s1. The normalized spacial score (nSPS) is 29.3. The second-order valence-corrected chi connectivity index (χ2v) is 9.76. The van der Waals surface area contributed by atoms with Crippen molar-refractivity contribution in [1.82, 2.24) is 14.5 Å². The molecule has 29 heavy (non-hydrogen) atoms. The molecule has 0 saturated carbocycles. The molecule has 1 aliphatic heterocycles. The van der Waals surface area contributed by atoms with E-state index in [2.05, 4.69) is 23.1 Å². The molecule has 2 rings (SSSR count). The van der Waals surface area contributed by atoms with E-state index in [1.807, 2.05) is 0 Å². The first-order chi connectivity index (χ1) is 13.1. The van der Waals surface area contributed by atoms with Crippen LogP contribution in [0.1, 0.15) is 6.23 Å². The molecule has 0 amide bonds. The third kappa shape index (κ3) is 6.70. The van der Waals surface area contributed by atoms with Gasteiger partial charge in [-0.1, -0.05) is 0 Å². The van der Waals surface area contributed by atoms with Gasteiger partial charge in [-0.2, -0.15) is 13.6 Å². The molecule has 0 radical (unpaired) electrons. The van der Waals surface area contributed by atoms with Gasteiger partial charge in [0.1, 0.15) is 24.6 Å². The SMILES string of the molecule is Nc1ncn([C@@H]2O[C@H](COP(=O)(O)OP(=O)(O)OP(=O)(O)O)[C@@H](O)[C@H]2O)c(=O)n1. The maximum absolute atomic E-state index is 11.8. The molecule has 21 heteroatoms. The number of hydrogen-bond acceptors (Lipinski definition) is 13. The number of ether oxygens (including phenoxy) is 1. The zero-order valence-electron chi connectivity index (χ0n) is 13.8. The second kappa shape index (κ2) is 8.56. The Labute approximate surface area is 159 Å². The van der Waals surface area contributed by atoms with E-state index >= 15 is 0 Å². The average Bonchev–Trinajstić information content (AvgIpc) is 2.78. The first-order valence-corrected chi connectivity index (χ1v) is 11.6. The van der Waals surface area contributed by atoms with E-state index in [-0.39, 0.29) is 5.95 Å². The summed E-state index contributed by atoms with van der Waals surface area (Å²) in [6.07, 6.45) is -5.79. The fourth-order valence-corrected chi connectivity index (χ4v) is 5.13.